The van der Waals surface area contributed by atoms with Gasteiger partial charge in [-0.1, -0.05) is 22.0 Å². The zero-order valence-electron chi connectivity index (χ0n) is 17.5. The highest BCUT2D eigenvalue weighted by molar-refractivity contribution is 9.10. The van der Waals surface area contributed by atoms with E-state index in [2.05, 4.69) is 21.2 Å². The van der Waals surface area contributed by atoms with Gasteiger partial charge in [0.15, 0.2) is 0 Å². The number of amides is 4. The zero-order chi connectivity index (χ0) is 23.9. The van der Waals surface area contributed by atoms with Gasteiger partial charge in [0.05, 0.1) is 11.3 Å². The van der Waals surface area contributed by atoms with Crippen molar-refractivity contribution >= 4 is 51.5 Å². The number of carboxylic acids is 1. The summed E-state index contributed by atoms with van der Waals surface area (Å²) in [5.41, 5.74) is 2.33. The molecule has 33 heavy (non-hydrogen) atoms. The van der Waals surface area contributed by atoms with E-state index in [1.165, 1.54) is 18.2 Å². The highest BCUT2D eigenvalue weighted by atomic mass is 79.9. The number of imide groups is 2. The average Bonchev–Trinajstić information content (AvgIpc) is 3.22. The molecule has 4 rings (SSSR count). The fraction of sp³-hybridized carbons (Fsp3) is 0.0833. The third-order valence-corrected chi connectivity index (χ3v) is 6.05. The van der Waals surface area contributed by atoms with Gasteiger partial charge in [-0.3, -0.25) is 14.9 Å². The van der Waals surface area contributed by atoms with Crippen molar-refractivity contribution in [3.05, 3.63) is 81.0 Å². The number of halogens is 1. The molecule has 9 heteroatoms. The molecule has 2 aromatic carbocycles. The summed E-state index contributed by atoms with van der Waals surface area (Å²) in [4.78, 5) is 50.0. The molecule has 0 saturated carbocycles. The Kier molecular flexibility index (Phi) is 5.73. The molecule has 4 amide bonds. The van der Waals surface area contributed by atoms with Crippen LogP contribution in [-0.2, 0) is 9.59 Å². The first-order chi connectivity index (χ1) is 15.7. The number of aryl methyl sites for hydroxylation is 2. The molecule has 0 atom stereocenters. The smallest absolute Gasteiger partial charge is 0.335 e. The van der Waals surface area contributed by atoms with E-state index in [0.717, 1.165) is 20.5 Å². The van der Waals surface area contributed by atoms with Crippen LogP contribution in [0.1, 0.15) is 27.2 Å². The van der Waals surface area contributed by atoms with Crippen LogP contribution in [0.3, 0.4) is 0 Å². The second-order valence-electron chi connectivity index (χ2n) is 7.43. The van der Waals surface area contributed by atoms with E-state index in [1.54, 1.807) is 36.4 Å². The van der Waals surface area contributed by atoms with Crippen LogP contribution in [0.4, 0.5) is 10.5 Å². The van der Waals surface area contributed by atoms with Crippen molar-refractivity contribution in [1.29, 1.82) is 0 Å². The molecule has 1 aromatic heterocycles. The van der Waals surface area contributed by atoms with Crippen LogP contribution in [0.2, 0.25) is 0 Å². The van der Waals surface area contributed by atoms with E-state index >= 15 is 0 Å². The SMILES string of the molecule is Cc1cc(N2C(=O)NC(=O)/C(=C\c3ccc(-c4cc(C(=O)O)ccc4C)o3)C2=O)ccc1Br. The topological polar surface area (TPSA) is 117 Å². The third-order valence-electron chi connectivity index (χ3n) is 5.16. The van der Waals surface area contributed by atoms with Crippen LogP contribution < -0.4 is 10.2 Å². The molecule has 0 bridgehead atoms. The zero-order valence-corrected chi connectivity index (χ0v) is 19.1. The Hall–Kier alpha value is -3.98. The molecule has 2 N–H and O–H groups in total. The number of urea groups is 1. The standard InChI is InChI=1S/C24H17BrN2O6/c1-12-3-4-14(23(30)31)10-17(12)20-8-6-16(33-20)11-18-21(28)26-24(32)27(22(18)29)15-5-7-19(25)13(2)9-15/h3-11H,1-2H3,(H,30,31)(H,26,28,32)/b18-11+. The number of rotatable bonds is 4. The van der Waals surface area contributed by atoms with E-state index in [-0.39, 0.29) is 16.9 Å². The summed E-state index contributed by atoms with van der Waals surface area (Å²) in [5.74, 6) is -2.11. The molecule has 3 aromatic rings. The number of hydrogen-bond acceptors (Lipinski definition) is 5. The monoisotopic (exact) mass is 508 g/mol. The van der Waals surface area contributed by atoms with Crippen molar-refractivity contribution in [3.63, 3.8) is 0 Å². The van der Waals surface area contributed by atoms with E-state index in [1.807, 2.05) is 13.8 Å². The van der Waals surface area contributed by atoms with Gasteiger partial charge < -0.3 is 9.52 Å². The van der Waals surface area contributed by atoms with E-state index < -0.39 is 23.8 Å². The van der Waals surface area contributed by atoms with E-state index in [4.69, 9.17) is 4.42 Å². The Morgan fingerprint density at radius 3 is 2.48 bits per heavy atom. The van der Waals surface area contributed by atoms with E-state index in [0.29, 0.717) is 17.0 Å². The molecule has 1 saturated heterocycles. The van der Waals surface area contributed by atoms with Crippen molar-refractivity contribution < 1.29 is 28.7 Å². The van der Waals surface area contributed by atoms with Gasteiger partial charge in [-0.25, -0.2) is 14.5 Å². The third kappa shape index (κ3) is 4.22. The number of hydrogen-bond donors (Lipinski definition) is 2. The van der Waals surface area contributed by atoms with Crippen molar-refractivity contribution in [3.8, 4) is 11.3 Å². The molecule has 1 fully saturated rings. The van der Waals surface area contributed by atoms with Crippen molar-refractivity contribution in [2.75, 3.05) is 4.90 Å². The fourth-order valence-corrected chi connectivity index (χ4v) is 3.64. The van der Waals surface area contributed by atoms with Gasteiger partial charge in [0.1, 0.15) is 17.1 Å². The van der Waals surface area contributed by atoms with Gasteiger partial charge in [0.25, 0.3) is 11.8 Å². The number of anilines is 1. The Balaban J connectivity index is 1.70. The normalized spacial score (nSPS) is 15.2. The minimum atomic E-state index is -1.07. The van der Waals surface area contributed by atoms with Crippen LogP contribution in [-0.4, -0.2) is 28.9 Å². The summed E-state index contributed by atoms with van der Waals surface area (Å²) < 4.78 is 6.59. The Bertz CT molecular complexity index is 1370. The number of carbonyl (C=O) groups is 4. The number of carbonyl (C=O) groups excluding carboxylic acids is 3. The number of carboxylic acid groups (broad SMARTS) is 1. The van der Waals surface area contributed by atoms with Crippen molar-refractivity contribution in [1.82, 2.24) is 5.32 Å². The largest absolute Gasteiger partial charge is 0.478 e. The lowest BCUT2D eigenvalue weighted by atomic mass is 10.0. The minimum absolute atomic E-state index is 0.104. The molecule has 0 spiro atoms. The molecule has 0 radical (unpaired) electrons. The average molecular weight is 509 g/mol. The molecule has 1 aliphatic heterocycles. The summed E-state index contributed by atoms with van der Waals surface area (Å²) in [7, 11) is 0. The molecular weight excluding hydrogens is 492 g/mol. The van der Waals surface area contributed by atoms with Crippen LogP contribution in [0.15, 0.2) is 63.0 Å². The highest BCUT2D eigenvalue weighted by Gasteiger charge is 2.37. The molecule has 2 heterocycles. The fourth-order valence-electron chi connectivity index (χ4n) is 3.40. The first kappa shape index (κ1) is 22.2. The summed E-state index contributed by atoms with van der Waals surface area (Å²) in [5, 5.41) is 11.4. The lowest BCUT2D eigenvalue weighted by molar-refractivity contribution is -0.122. The second kappa shape index (κ2) is 8.51. The van der Waals surface area contributed by atoms with Crippen LogP contribution in [0, 0.1) is 13.8 Å². The Morgan fingerprint density at radius 1 is 1.03 bits per heavy atom. The van der Waals surface area contributed by atoms with Gasteiger partial charge in [0.2, 0.25) is 0 Å². The number of nitrogens with one attached hydrogen (secondary N) is 1. The lowest BCUT2D eigenvalue weighted by Gasteiger charge is -2.26. The van der Waals surface area contributed by atoms with E-state index in [9.17, 15) is 24.3 Å². The Labute approximate surface area is 196 Å². The van der Waals surface area contributed by atoms with Crippen LogP contribution in [0.5, 0.6) is 0 Å². The number of nitrogens with zero attached hydrogens (tertiary/aromatic N) is 1. The number of aromatic carboxylic acids is 1. The predicted molar refractivity (Wildman–Crippen MR) is 124 cm³/mol. The molecule has 8 nitrogen and oxygen atoms in total. The van der Waals surface area contributed by atoms with Crippen molar-refractivity contribution in [2.45, 2.75) is 13.8 Å². The summed E-state index contributed by atoms with van der Waals surface area (Å²) in [6, 6.07) is 11.9. The molecular formula is C24H17BrN2O6. The summed E-state index contributed by atoms with van der Waals surface area (Å²) >= 11 is 3.37. The number of barbiturate groups is 1. The van der Waals surface area contributed by atoms with Crippen molar-refractivity contribution in [2.24, 2.45) is 0 Å². The molecule has 1 aliphatic rings. The molecule has 0 aliphatic carbocycles. The quantitative estimate of drug-likeness (QED) is 0.389. The highest BCUT2D eigenvalue weighted by Crippen LogP contribution is 2.29. The maximum Gasteiger partial charge on any atom is 0.335 e. The van der Waals surface area contributed by atoms with Gasteiger partial charge in [-0.2, -0.15) is 0 Å². The van der Waals surface area contributed by atoms with Crippen LogP contribution in [0.25, 0.3) is 17.4 Å². The summed E-state index contributed by atoms with van der Waals surface area (Å²) in [6.07, 6.45) is 1.25. The summed E-state index contributed by atoms with van der Waals surface area (Å²) in [6.45, 7) is 3.62. The lowest BCUT2D eigenvalue weighted by Crippen LogP contribution is -2.54. The molecule has 166 valence electrons. The maximum atomic E-state index is 13.1. The van der Waals surface area contributed by atoms with Gasteiger partial charge in [-0.15, -0.1) is 0 Å². The van der Waals surface area contributed by atoms with Gasteiger partial charge in [-0.05, 0) is 73.5 Å². The minimum Gasteiger partial charge on any atom is -0.478 e. The second-order valence-corrected chi connectivity index (χ2v) is 8.28. The maximum absolute atomic E-state index is 13.1. The van der Waals surface area contributed by atoms with Crippen LogP contribution >= 0.6 is 15.9 Å². The van der Waals surface area contributed by atoms with Gasteiger partial charge in [0, 0.05) is 10.0 Å². The number of benzene rings is 2. The first-order valence-corrected chi connectivity index (χ1v) is 10.6. The molecule has 0 unspecified atom stereocenters. The Morgan fingerprint density at radius 2 is 1.79 bits per heavy atom. The number of furan rings is 1. The predicted octanol–water partition coefficient (Wildman–Crippen LogP) is 4.69. The first-order valence-electron chi connectivity index (χ1n) is 9.77. The van der Waals surface area contributed by atoms with Gasteiger partial charge >= 0.3 is 12.0 Å².